The van der Waals surface area contributed by atoms with Gasteiger partial charge in [-0.2, -0.15) is 0 Å². The maximum absolute atomic E-state index is 8.20. The van der Waals surface area contributed by atoms with Gasteiger partial charge in [0.1, 0.15) is 13.3 Å². The van der Waals surface area contributed by atoms with Crippen molar-refractivity contribution in [3.8, 4) is 0 Å². The third-order valence-corrected chi connectivity index (χ3v) is 1.29. The van der Waals surface area contributed by atoms with Gasteiger partial charge in [-0.15, -0.1) is 0 Å². The van der Waals surface area contributed by atoms with E-state index in [-0.39, 0.29) is 31.0 Å². The summed E-state index contributed by atoms with van der Waals surface area (Å²) in [4.78, 5) is 0. The molecular weight excluding hydrogens is 151 g/mol. The Kier molecular flexibility index (Phi) is 5.11. The molecule has 0 atom stereocenters. The van der Waals surface area contributed by atoms with Crippen LogP contribution in [0, 0.1) is 0 Å². The van der Waals surface area contributed by atoms with E-state index in [0.717, 1.165) is 5.69 Å². The van der Waals surface area contributed by atoms with Gasteiger partial charge >= 0.3 is 29.6 Å². The van der Waals surface area contributed by atoms with E-state index < -0.39 is 0 Å². The Morgan fingerprint density at radius 1 is 1.64 bits per heavy atom. The van der Waals surface area contributed by atoms with Crippen LogP contribution in [0.3, 0.4) is 0 Å². The molecule has 1 aromatic heterocycles. The summed E-state index contributed by atoms with van der Waals surface area (Å²) in [5.41, 5.74) is 0.866. The van der Waals surface area contributed by atoms with Crippen LogP contribution in [0.1, 0.15) is 7.12 Å². The number of oxime groups is 1. The largest absolute Gasteiger partial charge is 1.00 e. The Balaban J connectivity index is 0. The van der Waals surface area contributed by atoms with E-state index in [1.54, 1.807) is 0 Å². The molecule has 1 rings (SSSR count). The van der Waals surface area contributed by atoms with Crippen LogP contribution in [0.2, 0.25) is 0 Å². The van der Waals surface area contributed by atoms with Crippen LogP contribution in [0.5, 0.6) is 0 Å². The third-order valence-electron chi connectivity index (χ3n) is 1.29. The number of nitrogens with zero attached hydrogens (tertiary/aromatic N) is 2. The molecular formula is C7H10N2NaO+. The van der Waals surface area contributed by atoms with E-state index in [1.807, 2.05) is 36.0 Å². The average Bonchev–Trinajstić information content (AvgIpc) is 1.94. The molecule has 0 saturated heterocycles. The van der Waals surface area contributed by atoms with Crippen molar-refractivity contribution in [2.24, 2.45) is 12.2 Å². The summed E-state index contributed by atoms with van der Waals surface area (Å²) in [5, 5.41) is 11.1. The Labute approximate surface area is 89.1 Å². The van der Waals surface area contributed by atoms with Gasteiger partial charge in [0.15, 0.2) is 6.20 Å². The van der Waals surface area contributed by atoms with E-state index in [4.69, 9.17) is 5.21 Å². The van der Waals surface area contributed by atoms with Crippen molar-refractivity contribution in [2.75, 3.05) is 0 Å². The first-order valence-corrected chi connectivity index (χ1v) is 2.96. The summed E-state index contributed by atoms with van der Waals surface area (Å²) in [6, 6.07) is 5.66. The fraction of sp³-hybridized carbons (Fsp3) is 0.143. The molecule has 0 unspecified atom stereocenters. The summed E-state index contributed by atoms with van der Waals surface area (Å²) in [7, 11) is 1.89. The Morgan fingerprint density at radius 3 is 2.91 bits per heavy atom. The standard InChI is InChI=1S/C7H8N2O.Na.H/c1-9-5-3-2-4-7(9)6-8-10;;/h2-6H,1H3;;/q;+1;-1/p+1. The average molecular weight is 161 g/mol. The number of hydrogen-bond acceptors (Lipinski definition) is 2. The predicted octanol–water partition coefficient (Wildman–Crippen LogP) is -2.56. The second-order valence-corrected chi connectivity index (χ2v) is 1.98. The second kappa shape index (κ2) is 5.29. The molecule has 1 N–H and O–H groups in total. The molecule has 1 aromatic rings. The number of aryl methyl sites for hydroxylation is 1. The van der Waals surface area contributed by atoms with Crippen molar-refractivity contribution >= 4 is 6.21 Å². The molecule has 0 aliphatic rings. The van der Waals surface area contributed by atoms with Gasteiger partial charge in [-0.05, 0) is 6.07 Å². The second-order valence-electron chi connectivity index (χ2n) is 1.98. The SMILES string of the molecule is C[n+]1ccccc1C=NO.[H-].[Na+]. The van der Waals surface area contributed by atoms with Gasteiger partial charge in [0, 0.05) is 12.1 Å². The molecule has 4 heteroatoms. The molecule has 0 fully saturated rings. The van der Waals surface area contributed by atoms with Crippen molar-refractivity contribution in [2.45, 2.75) is 0 Å². The fourth-order valence-electron chi connectivity index (χ4n) is 0.730. The predicted molar refractivity (Wildman–Crippen MR) is 38.1 cm³/mol. The van der Waals surface area contributed by atoms with E-state index in [1.165, 1.54) is 6.21 Å². The van der Waals surface area contributed by atoms with Crippen molar-refractivity contribution in [1.29, 1.82) is 0 Å². The first-order valence-electron chi connectivity index (χ1n) is 2.96. The van der Waals surface area contributed by atoms with Crippen molar-refractivity contribution < 1.29 is 40.8 Å². The van der Waals surface area contributed by atoms with Crippen LogP contribution in [0.25, 0.3) is 0 Å². The molecule has 0 bridgehead atoms. The molecule has 11 heavy (non-hydrogen) atoms. The molecule has 3 nitrogen and oxygen atoms in total. The van der Waals surface area contributed by atoms with Crippen LogP contribution in [-0.4, -0.2) is 11.4 Å². The van der Waals surface area contributed by atoms with Crippen LogP contribution in [0.15, 0.2) is 29.6 Å². The first-order chi connectivity index (χ1) is 4.84. The topological polar surface area (TPSA) is 36.5 Å². The van der Waals surface area contributed by atoms with E-state index in [2.05, 4.69) is 5.16 Å². The summed E-state index contributed by atoms with van der Waals surface area (Å²) in [6.07, 6.45) is 3.27. The number of aromatic nitrogens is 1. The molecule has 54 valence electrons. The van der Waals surface area contributed by atoms with Crippen LogP contribution < -0.4 is 34.1 Å². The van der Waals surface area contributed by atoms with Crippen molar-refractivity contribution in [1.82, 2.24) is 0 Å². The molecule has 1 heterocycles. The van der Waals surface area contributed by atoms with Gasteiger partial charge in [0.25, 0.3) is 0 Å². The Hall–Kier alpha value is -0.380. The normalized spacial score (nSPS) is 9.55. The van der Waals surface area contributed by atoms with Gasteiger partial charge < -0.3 is 6.63 Å². The maximum atomic E-state index is 8.20. The van der Waals surface area contributed by atoms with E-state index in [0.29, 0.717) is 0 Å². The van der Waals surface area contributed by atoms with E-state index in [9.17, 15) is 0 Å². The summed E-state index contributed by atoms with van der Waals surface area (Å²) >= 11 is 0. The van der Waals surface area contributed by atoms with Gasteiger partial charge in [-0.25, -0.2) is 4.57 Å². The zero-order valence-electron chi connectivity index (χ0n) is 7.73. The zero-order chi connectivity index (χ0) is 7.40. The van der Waals surface area contributed by atoms with Gasteiger partial charge in [0.05, 0.1) is 0 Å². The molecule has 0 spiro atoms. The number of rotatable bonds is 1. The summed E-state index contributed by atoms with van der Waals surface area (Å²) in [5.74, 6) is 0. The van der Waals surface area contributed by atoms with Gasteiger partial charge in [0.2, 0.25) is 5.69 Å². The number of pyridine rings is 1. The summed E-state index contributed by atoms with van der Waals surface area (Å²) in [6.45, 7) is 0. The monoisotopic (exact) mass is 161 g/mol. The molecule has 0 aliphatic heterocycles. The van der Waals surface area contributed by atoms with Crippen molar-refractivity contribution in [3.05, 3.63) is 30.1 Å². The Morgan fingerprint density at radius 2 is 2.36 bits per heavy atom. The molecule has 0 radical (unpaired) electrons. The molecule has 0 aromatic carbocycles. The van der Waals surface area contributed by atoms with Crippen LogP contribution >= 0.6 is 0 Å². The third kappa shape index (κ3) is 3.01. The number of hydrogen-bond donors (Lipinski definition) is 1. The van der Waals surface area contributed by atoms with Gasteiger partial charge in [-0.3, -0.25) is 0 Å². The first kappa shape index (κ1) is 10.6. The molecule has 0 amide bonds. The van der Waals surface area contributed by atoms with Crippen LogP contribution in [0.4, 0.5) is 0 Å². The minimum Gasteiger partial charge on any atom is -1.00 e. The van der Waals surface area contributed by atoms with Crippen molar-refractivity contribution in [3.63, 3.8) is 0 Å². The van der Waals surface area contributed by atoms with E-state index >= 15 is 0 Å². The minimum absolute atomic E-state index is 0. The fourth-order valence-corrected chi connectivity index (χ4v) is 0.730. The summed E-state index contributed by atoms with van der Waals surface area (Å²) < 4.78 is 1.86. The maximum Gasteiger partial charge on any atom is 1.00 e. The quantitative estimate of drug-likeness (QED) is 0.159. The smallest absolute Gasteiger partial charge is 1.00 e. The minimum atomic E-state index is 0. The van der Waals surface area contributed by atoms with Crippen LogP contribution in [-0.2, 0) is 7.05 Å². The van der Waals surface area contributed by atoms with Gasteiger partial charge in [-0.1, -0.05) is 5.16 Å². The molecule has 0 saturated carbocycles. The molecule has 0 aliphatic carbocycles. The zero-order valence-corrected chi connectivity index (χ0v) is 8.73. The Bertz CT molecular complexity index is 255.